The van der Waals surface area contributed by atoms with Crippen LogP contribution in [0.25, 0.3) is 28.1 Å². The largest absolute Gasteiger partial charge is 0.416 e. The molecule has 178 valence electrons. The average molecular weight is 476 g/mol. The second-order valence-corrected chi connectivity index (χ2v) is 8.99. The number of alkyl halides is 3. The highest BCUT2D eigenvalue weighted by Gasteiger charge is 2.30. The summed E-state index contributed by atoms with van der Waals surface area (Å²) in [6.07, 6.45) is -0.871. The number of hydrogen-bond donors (Lipinski definition) is 0. The van der Waals surface area contributed by atoms with Gasteiger partial charge in [-0.3, -0.25) is 4.79 Å². The summed E-state index contributed by atoms with van der Waals surface area (Å²) in [5.41, 5.74) is 6.56. The number of fused-ring (bicyclic) bond motifs is 3. The molecule has 0 aliphatic heterocycles. The lowest BCUT2D eigenvalue weighted by molar-refractivity contribution is -0.137. The highest BCUT2D eigenvalue weighted by molar-refractivity contribution is 5.82. The maximum absolute atomic E-state index is 13.3. The number of aromatic nitrogens is 2. The quantitative estimate of drug-likeness (QED) is 0.366. The van der Waals surface area contributed by atoms with E-state index in [0.717, 1.165) is 30.5 Å². The lowest BCUT2D eigenvalue weighted by Gasteiger charge is -2.20. The fourth-order valence-corrected chi connectivity index (χ4v) is 4.54. The summed E-state index contributed by atoms with van der Waals surface area (Å²) in [5.74, 6) is -0.110. The van der Waals surface area contributed by atoms with E-state index < -0.39 is 11.7 Å². The summed E-state index contributed by atoms with van der Waals surface area (Å²) in [5, 5.41) is 4.66. The normalized spacial score (nSPS) is 12.7. The minimum Gasteiger partial charge on any atom is -0.349 e. The number of likely N-dealkylation sites (N-methyl/N-ethyl adjacent to an activating group) is 1. The van der Waals surface area contributed by atoms with Gasteiger partial charge in [0, 0.05) is 31.4 Å². The van der Waals surface area contributed by atoms with Gasteiger partial charge in [-0.1, -0.05) is 42.5 Å². The third-order valence-electron chi connectivity index (χ3n) is 6.42. The van der Waals surface area contributed by atoms with Gasteiger partial charge in [0.1, 0.15) is 0 Å². The Labute approximate surface area is 201 Å². The summed E-state index contributed by atoms with van der Waals surface area (Å²) >= 11 is 0. The van der Waals surface area contributed by atoms with Crippen molar-refractivity contribution in [1.82, 2.24) is 14.7 Å². The van der Waals surface area contributed by atoms with Crippen LogP contribution in [0.3, 0.4) is 0 Å². The van der Waals surface area contributed by atoms with Crippen LogP contribution < -0.4 is 0 Å². The van der Waals surface area contributed by atoms with Crippen molar-refractivity contribution in [2.45, 2.75) is 25.4 Å². The molecule has 5 rings (SSSR count). The van der Waals surface area contributed by atoms with Gasteiger partial charge in [0.15, 0.2) is 0 Å². The monoisotopic (exact) mass is 475 g/mol. The van der Waals surface area contributed by atoms with Crippen LogP contribution in [0.5, 0.6) is 0 Å². The molecular formula is C28H24F3N3O. The molecule has 0 unspecified atom stereocenters. The van der Waals surface area contributed by atoms with Gasteiger partial charge >= 0.3 is 6.18 Å². The zero-order valence-corrected chi connectivity index (χ0v) is 19.4. The fourth-order valence-electron chi connectivity index (χ4n) is 4.54. The molecule has 35 heavy (non-hydrogen) atoms. The topological polar surface area (TPSA) is 38.1 Å². The third-order valence-corrected chi connectivity index (χ3v) is 6.42. The Morgan fingerprint density at radius 2 is 1.69 bits per heavy atom. The van der Waals surface area contributed by atoms with Crippen LogP contribution in [0.1, 0.15) is 22.3 Å². The SMILES string of the molecule is CN(C)C(=O)Cc1cn(-c2cccc(C(F)(F)F)c2)nc1-c1ccc2c(c1)CCc1ccccc1-2. The van der Waals surface area contributed by atoms with Gasteiger partial charge in [-0.25, -0.2) is 4.68 Å². The standard InChI is InChI=1S/C28H24F3N3O/c1-33(2)26(35)15-21-17-34(23-8-5-7-22(16-23)28(29,30)31)32-27(21)20-12-13-25-19(14-20)11-10-18-6-3-4-9-24(18)25/h3-9,12-14,16-17H,10-11,15H2,1-2H3. The van der Waals surface area contributed by atoms with Gasteiger partial charge < -0.3 is 4.90 Å². The number of carbonyl (C=O) groups excluding carboxylic acids is 1. The molecule has 3 aromatic carbocycles. The van der Waals surface area contributed by atoms with E-state index in [1.54, 1.807) is 26.4 Å². The Balaban J connectivity index is 1.60. The van der Waals surface area contributed by atoms with Gasteiger partial charge in [-0.05, 0) is 59.4 Å². The van der Waals surface area contributed by atoms with Crippen molar-refractivity contribution in [2.75, 3.05) is 14.1 Å². The Kier molecular flexibility index (Phi) is 5.71. The van der Waals surface area contributed by atoms with Gasteiger partial charge in [0.25, 0.3) is 0 Å². The van der Waals surface area contributed by atoms with E-state index in [9.17, 15) is 18.0 Å². The number of halogens is 3. The Hall–Kier alpha value is -3.87. The molecule has 4 aromatic rings. The van der Waals surface area contributed by atoms with Crippen molar-refractivity contribution in [3.63, 3.8) is 0 Å². The predicted octanol–water partition coefficient (Wildman–Crippen LogP) is 5.95. The Morgan fingerprint density at radius 3 is 2.46 bits per heavy atom. The highest BCUT2D eigenvalue weighted by atomic mass is 19.4. The molecule has 7 heteroatoms. The first kappa shape index (κ1) is 22.9. The summed E-state index contributed by atoms with van der Waals surface area (Å²) in [6.45, 7) is 0. The van der Waals surface area contributed by atoms with Crippen LogP contribution in [0.4, 0.5) is 13.2 Å². The Morgan fingerprint density at radius 1 is 0.943 bits per heavy atom. The zero-order chi connectivity index (χ0) is 24.7. The number of benzene rings is 3. The molecule has 1 aromatic heterocycles. The van der Waals surface area contributed by atoms with Crippen molar-refractivity contribution in [3.8, 4) is 28.1 Å². The second-order valence-electron chi connectivity index (χ2n) is 8.99. The van der Waals surface area contributed by atoms with Crippen molar-refractivity contribution < 1.29 is 18.0 Å². The number of rotatable bonds is 4. The van der Waals surface area contributed by atoms with Gasteiger partial charge in [0.2, 0.25) is 5.91 Å². The number of amides is 1. The van der Waals surface area contributed by atoms with Crippen molar-refractivity contribution in [2.24, 2.45) is 0 Å². The number of carbonyl (C=O) groups is 1. The van der Waals surface area contributed by atoms with Crippen LogP contribution in [0, 0.1) is 0 Å². The van der Waals surface area contributed by atoms with E-state index in [1.165, 1.54) is 37.9 Å². The maximum atomic E-state index is 13.3. The summed E-state index contributed by atoms with van der Waals surface area (Å²) < 4.78 is 41.3. The predicted molar refractivity (Wildman–Crippen MR) is 129 cm³/mol. The van der Waals surface area contributed by atoms with Crippen LogP contribution in [-0.4, -0.2) is 34.7 Å². The smallest absolute Gasteiger partial charge is 0.349 e. The second kappa shape index (κ2) is 8.73. The molecule has 0 fully saturated rings. The number of hydrogen-bond acceptors (Lipinski definition) is 2. The molecule has 0 spiro atoms. The van der Waals surface area contributed by atoms with E-state index >= 15 is 0 Å². The minimum absolute atomic E-state index is 0.0984. The van der Waals surface area contributed by atoms with Crippen molar-refractivity contribution in [3.05, 3.63) is 95.2 Å². The first-order chi connectivity index (χ1) is 16.7. The molecule has 0 radical (unpaired) electrons. The van der Waals surface area contributed by atoms with E-state index in [2.05, 4.69) is 29.4 Å². The first-order valence-corrected chi connectivity index (χ1v) is 11.4. The molecule has 1 amide bonds. The minimum atomic E-state index is -4.45. The molecule has 0 atom stereocenters. The Bertz CT molecular complexity index is 1420. The first-order valence-electron chi connectivity index (χ1n) is 11.4. The molecule has 1 aliphatic carbocycles. The third kappa shape index (κ3) is 4.46. The van der Waals surface area contributed by atoms with E-state index in [1.807, 2.05) is 18.2 Å². The lowest BCUT2D eigenvalue weighted by Crippen LogP contribution is -2.23. The van der Waals surface area contributed by atoms with Crippen LogP contribution in [0.2, 0.25) is 0 Å². The molecule has 0 saturated heterocycles. The van der Waals surface area contributed by atoms with Crippen molar-refractivity contribution in [1.29, 1.82) is 0 Å². The van der Waals surface area contributed by atoms with Crippen LogP contribution >= 0.6 is 0 Å². The lowest BCUT2D eigenvalue weighted by atomic mass is 9.84. The molecule has 1 aliphatic rings. The molecular weight excluding hydrogens is 451 g/mol. The van der Waals surface area contributed by atoms with Crippen LogP contribution in [0.15, 0.2) is 72.9 Å². The maximum Gasteiger partial charge on any atom is 0.416 e. The summed E-state index contributed by atoms with van der Waals surface area (Å²) in [6, 6.07) is 19.5. The summed E-state index contributed by atoms with van der Waals surface area (Å²) in [7, 11) is 3.35. The van der Waals surface area contributed by atoms with Gasteiger partial charge in [0.05, 0.1) is 23.4 Å². The average Bonchev–Trinajstić information content (AvgIpc) is 3.27. The van der Waals surface area contributed by atoms with Crippen molar-refractivity contribution >= 4 is 5.91 Å². The fraction of sp³-hybridized carbons (Fsp3) is 0.214. The van der Waals surface area contributed by atoms with E-state index in [-0.39, 0.29) is 18.0 Å². The number of aryl methyl sites for hydroxylation is 2. The van der Waals surface area contributed by atoms with E-state index in [4.69, 9.17) is 0 Å². The zero-order valence-electron chi connectivity index (χ0n) is 19.4. The molecule has 4 nitrogen and oxygen atoms in total. The molecule has 0 saturated carbocycles. The van der Waals surface area contributed by atoms with Crippen LogP contribution in [-0.2, 0) is 30.2 Å². The molecule has 0 N–H and O–H groups in total. The number of nitrogens with zero attached hydrogens (tertiary/aromatic N) is 3. The van der Waals surface area contributed by atoms with Gasteiger partial charge in [-0.15, -0.1) is 0 Å². The molecule has 1 heterocycles. The van der Waals surface area contributed by atoms with Gasteiger partial charge in [-0.2, -0.15) is 18.3 Å². The summed E-state index contributed by atoms with van der Waals surface area (Å²) in [4.78, 5) is 14.0. The van der Waals surface area contributed by atoms with E-state index in [0.29, 0.717) is 11.3 Å². The highest BCUT2D eigenvalue weighted by Crippen LogP contribution is 2.37. The molecule has 0 bridgehead atoms.